The van der Waals surface area contributed by atoms with E-state index in [9.17, 15) is 0 Å². The number of pyridine rings is 1. The topological polar surface area (TPSA) is 28.2 Å². The zero-order valence-electron chi connectivity index (χ0n) is 15.5. The highest BCUT2D eigenvalue weighted by molar-refractivity contribution is 5.63. The zero-order valence-corrected chi connectivity index (χ0v) is 15.5. The number of aromatic nitrogens is 1. The van der Waals surface area contributed by atoms with Crippen LogP contribution < -0.4 is 5.32 Å². The first-order chi connectivity index (χ1) is 12.9. The second-order valence-electron chi connectivity index (χ2n) is 8.38. The minimum atomic E-state index is 0.697. The lowest BCUT2D eigenvalue weighted by Gasteiger charge is -2.60. The molecule has 3 nitrogen and oxygen atoms in total. The highest BCUT2D eigenvalue weighted by Gasteiger charge is 2.51. The Balaban J connectivity index is 1.30. The fourth-order valence-corrected chi connectivity index (χ4v) is 5.51. The van der Waals surface area contributed by atoms with Crippen molar-refractivity contribution in [3.63, 3.8) is 0 Å². The number of piperazine rings is 1. The Kier molecular flexibility index (Phi) is 4.51. The summed E-state index contributed by atoms with van der Waals surface area (Å²) in [5, 5.41) is 3.64. The molecule has 2 aromatic rings. The maximum atomic E-state index is 4.12. The molecule has 2 bridgehead atoms. The summed E-state index contributed by atoms with van der Waals surface area (Å²) < 4.78 is 0. The number of hydrogen-bond acceptors (Lipinski definition) is 3. The van der Waals surface area contributed by atoms with Gasteiger partial charge in [0.05, 0.1) is 0 Å². The van der Waals surface area contributed by atoms with E-state index in [0.717, 1.165) is 19.0 Å². The molecule has 3 atom stereocenters. The number of likely N-dealkylation sites (tertiary alicyclic amines) is 1. The van der Waals surface area contributed by atoms with Crippen molar-refractivity contribution in [2.45, 2.75) is 50.1 Å². The largest absolute Gasteiger partial charge is 0.314 e. The third-order valence-electron chi connectivity index (χ3n) is 6.89. The molecule has 2 aliphatic heterocycles. The minimum absolute atomic E-state index is 0.697. The molecule has 3 heteroatoms. The summed E-state index contributed by atoms with van der Waals surface area (Å²) in [5.74, 6) is 1.66. The summed E-state index contributed by atoms with van der Waals surface area (Å²) in [5.41, 5.74) is 4.07. The SMILES string of the molecule is c1cc(-c2ccc(C3[C@H]4CNC[C@@H]3N4CC3CCCCC3)cc2)ccn1. The third kappa shape index (κ3) is 2.97. The molecule has 0 spiro atoms. The first-order valence-corrected chi connectivity index (χ1v) is 10.4. The Morgan fingerprint density at radius 1 is 0.846 bits per heavy atom. The molecule has 0 amide bonds. The van der Waals surface area contributed by atoms with Crippen LogP contribution in [-0.2, 0) is 0 Å². The van der Waals surface area contributed by atoms with Gasteiger partial charge in [0.25, 0.3) is 0 Å². The maximum absolute atomic E-state index is 4.12. The number of benzene rings is 1. The van der Waals surface area contributed by atoms with Crippen molar-refractivity contribution in [3.05, 3.63) is 54.4 Å². The van der Waals surface area contributed by atoms with Gasteiger partial charge in [0, 0.05) is 50.0 Å². The Bertz CT molecular complexity index is 709. The van der Waals surface area contributed by atoms with Gasteiger partial charge in [-0.25, -0.2) is 0 Å². The summed E-state index contributed by atoms with van der Waals surface area (Å²) >= 11 is 0. The van der Waals surface area contributed by atoms with E-state index in [1.165, 1.54) is 55.3 Å². The number of piperidine rings is 1. The monoisotopic (exact) mass is 347 g/mol. The molecule has 3 fully saturated rings. The van der Waals surface area contributed by atoms with Gasteiger partial charge in [-0.1, -0.05) is 43.5 Å². The number of nitrogens with one attached hydrogen (secondary N) is 1. The third-order valence-corrected chi connectivity index (χ3v) is 6.89. The second-order valence-corrected chi connectivity index (χ2v) is 8.38. The molecule has 2 saturated heterocycles. The Labute approximate surface area is 156 Å². The highest BCUT2D eigenvalue weighted by Crippen LogP contribution is 2.44. The average Bonchev–Trinajstić information content (AvgIpc) is 2.73. The van der Waals surface area contributed by atoms with Gasteiger partial charge < -0.3 is 5.32 Å². The predicted molar refractivity (Wildman–Crippen MR) is 106 cm³/mol. The molecule has 3 heterocycles. The van der Waals surface area contributed by atoms with Gasteiger partial charge in [-0.05, 0) is 47.6 Å². The van der Waals surface area contributed by atoms with Crippen molar-refractivity contribution < 1.29 is 0 Å². The van der Waals surface area contributed by atoms with Crippen LogP contribution in [0.4, 0.5) is 0 Å². The second kappa shape index (κ2) is 7.13. The van der Waals surface area contributed by atoms with Crippen LogP contribution in [0.3, 0.4) is 0 Å². The van der Waals surface area contributed by atoms with E-state index >= 15 is 0 Å². The van der Waals surface area contributed by atoms with Crippen molar-refractivity contribution in [1.82, 2.24) is 15.2 Å². The van der Waals surface area contributed by atoms with Gasteiger partial charge in [0.1, 0.15) is 0 Å². The van der Waals surface area contributed by atoms with Crippen LogP contribution in [0.15, 0.2) is 48.8 Å². The van der Waals surface area contributed by atoms with Crippen molar-refractivity contribution in [2.75, 3.05) is 19.6 Å². The van der Waals surface area contributed by atoms with Crippen LogP contribution in [0.25, 0.3) is 11.1 Å². The van der Waals surface area contributed by atoms with E-state index in [2.05, 4.69) is 51.6 Å². The standard InChI is InChI=1S/C23H29N3/c1-2-4-17(5-3-1)16-26-21-14-25-15-22(26)23(21)20-8-6-18(7-9-20)19-10-12-24-13-11-19/h6-13,17,21-23,25H,1-5,14-16H2/t21-,22+,23?. The van der Waals surface area contributed by atoms with Crippen LogP contribution in [0, 0.1) is 5.92 Å². The number of nitrogens with zero attached hydrogens (tertiary/aromatic N) is 2. The number of fused-ring (bicyclic) bond motifs is 2. The molecule has 26 heavy (non-hydrogen) atoms. The molecule has 1 aliphatic carbocycles. The van der Waals surface area contributed by atoms with E-state index < -0.39 is 0 Å². The molecule has 0 radical (unpaired) electrons. The predicted octanol–water partition coefficient (Wildman–Crippen LogP) is 4.07. The van der Waals surface area contributed by atoms with Crippen molar-refractivity contribution >= 4 is 0 Å². The van der Waals surface area contributed by atoms with Crippen molar-refractivity contribution in [3.8, 4) is 11.1 Å². The summed E-state index contributed by atoms with van der Waals surface area (Å²) in [6, 6.07) is 14.9. The lowest BCUT2D eigenvalue weighted by Crippen LogP contribution is -2.73. The summed E-state index contributed by atoms with van der Waals surface area (Å²) in [7, 11) is 0. The molecule has 1 saturated carbocycles. The quantitative estimate of drug-likeness (QED) is 0.904. The van der Waals surface area contributed by atoms with Gasteiger partial charge in [-0.3, -0.25) is 9.88 Å². The van der Waals surface area contributed by atoms with E-state index in [1.54, 1.807) is 0 Å². The average molecular weight is 348 g/mol. The van der Waals surface area contributed by atoms with Crippen molar-refractivity contribution in [2.24, 2.45) is 5.92 Å². The Hall–Kier alpha value is -1.71. The molecule has 136 valence electrons. The molecule has 3 aliphatic rings. The molecule has 5 rings (SSSR count). The van der Waals surface area contributed by atoms with E-state index in [0.29, 0.717) is 18.0 Å². The summed E-state index contributed by atoms with van der Waals surface area (Å²) in [4.78, 5) is 6.95. The molecule has 1 unspecified atom stereocenters. The molecule has 1 aromatic heterocycles. The van der Waals surface area contributed by atoms with E-state index in [-0.39, 0.29) is 0 Å². The Morgan fingerprint density at radius 3 is 2.19 bits per heavy atom. The lowest BCUT2D eigenvalue weighted by atomic mass is 9.71. The summed E-state index contributed by atoms with van der Waals surface area (Å²) in [6.45, 7) is 3.64. The maximum Gasteiger partial charge on any atom is 0.0308 e. The number of hydrogen-bond donors (Lipinski definition) is 1. The minimum Gasteiger partial charge on any atom is -0.314 e. The fourth-order valence-electron chi connectivity index (χ4n) is 5.51. The van der Waals surface area contributed by atoms with Gasteiger partial charge >= 0.3 is 0 Å². The fraction of sp³-hybridized carbons (Fsp3) is 0.522. The van der Waals surface area contributed by atoms with Crippen LogP contribution in [0.2, 0.25) is 0 Å². The molecular weight excluding hydrogens is 318 g/mol. The first-order valence-electron chi connectivity index (χ1n) is 10.4. The summed E-state index contributed by atoms with van der Waals surface area (Å²) in [6.07, 6.45) is 11.0. The molecule has 1 aromatic carbocycles. The molecule has 1 N–H and O–H groups in total. The van der Waals surface area contributed by atoms with E-state index in [1.807, 2.05) is 12.4 Å². The van der Waals surface area contributed by atoms with Crippen LogP contribution in [-0.4, -0.2) is 41.6 Å². The zero-order chi connectivity index (χ0) is 17.3. The molecular formula is C23H29N3. The van der Waals surface area contributed by atoms with Crippen molar-refractivity contribution in [1.29, 1.82) is 0 Å². The van der Waals surface area contributed by atoms with Crippen LogP contribution in [0.5, 0.6) is 0 Å². The van der Waals surface area contributed by atoms with Gasteiger partial charge in [-0.2, -0.15) is 0 Å². The van der Waals surface area contributed by atoms with Gasteiger partial charge in [0.15, 0.2) is 0 Å². The van der Waals surface area contributed by atoms with E-state index in [4.69, 9.17) is 0 Å². The van der Waals surface area contributed by atoms with Crippen LogP contribution >= 0.6 is 0 Å². The lowest BCUT2D eigenvalue weighted by molar-refractivity contribution is -0.0544. The van der Waals surface area contributed by atoms with Gasteiger partial charge in [0.2, 0.25) is 0 Å². The van der Waals surface area contributed by atoms with Crippen LogP contribution in [0.1, 0.15) is 43.6 Å². The smallest absolute Gasteiger partial charge is 0.0308 e. The van der Waals surface area contributed by atoms with Gasteiger partial charge in [-0.15, -0.1) is 0 Å². The first kappa shape index (κ1) is 16.5. The highest BCUT2D eigenvalue weighted by atomic mass is 15.3. The normalized spacial score (nSPS) is 29.3. The number of rotatable bonds is 4. The Morgan fingerprint density at radius 2 is 1.50 bits per heavy atom.